The average molecular weight is 494 g/mol. The Balaban J connectivity index is 1.27. The Morgan fingerprint density at radius 3 is 2.46 bits per heavy atom. The van der Waals surface area contributed by atoms with Gasteiger partial charge in [-0.05, 0) is 65.9 Å². The number of aromatic nitrogens is 1. The molecule has 4 aromatic rings. The summed E-state index contributed by atoms with van der Waals surface area (Å²) in [6.07, 6.45) is 2.44. The lowest BCUT2D eigenvalue weighted by Crippen LogP contribution is -2.41. The fourth-order valence-corrected chi connectivity index (χ4v) is 4.73. The van der Waals surface area contributed by atoms with Crippen molar-refractivity contribution in [2.75, 3.05) is 5.32 Å². The van der Waals surface area contributed by atoms with Crippen LogP contribution in [0.5, 0.6) is 0 Å². The lowest BCUT2D eigenvalue weighted by atomic mass is 10.0. The third kappa shape index (κ3) is 5.30. The fourth-order valence-electron chi connectivity index (χ4n) is 3.83. The predicted octanol–water partition coefficient (Wildman–Crippen LogP) is 5.97. The van der Waals surface area contributed by atoms with E-state index in [2.05, 4.69) is 15.6 Å². The Bertz CT molecular complexity index is 1420. The molecule has 0 radical (unpaired) electrons. The Morgan fingerprint density at radius 1 is 1.03 bits per heavy atom. The van der Waals surface area contributed by atoms with Gasteiger partial charge in [0.1, 0.15) is 17.7 Å². The number of fused-ring (bicyclic) bond motifs is 1. The van der Waals surface area contributed by atoms with Crippen LogP contribution in [0.3, 0.4) is 0 Å². The van der Waals surface area contributed by atoms with Gasteiger partial charge >= 0.3 is 5.97 Å². The molecule has 178 valence electrons. The van der Waals surface area contributed by atoms with Gasteiger partial charge in [0.2, 0.25) is 0 Å². The molecule has 3 N–H and O–H groups in total. The first-order valence-corrected chi connectivity index (χ1v) is 11.9. The summed E-state index contributed by atoms with van der Waals surface area (Å²) in [5.74, 6) is -1.97. The zero-order chi connectivity index (χ0) is 24.5. The minimum Gasteiger partial charge on any atom is -0.480 e. The molecule has 1 aromatic heterocycles. The number of carbonyl (C=O) groups is 2. The number of anilines is 2. The second kappa shape index (κ2) is 9.42. The third-order valence-electron chi connectivity index (χ3n) is 5.91. The largest absolute Gasteiger partial charge is 0.480 e. The number of rotatable bonds is 8. The zero-order valence-corrected chi connectivity index (χ0v) is 19.2. The summed E-state index contributed by atoms with van der Waals surface area (Å²) in [7, 11) is 0. The fraction of sp³-hybridized carbons (Fsp3) is 0.192. The van der Waals surface area contributed by atoms with Crippen LogP contribution in [0.2, 0.25) is 0 Å². The summed E-state index contributed by atoms with van der Waals surface area (Å²) in [6.45, 7) is 0. The molecule has 35 heavy (non-hydrogen) atoms. The summed E-state index contributed by atoms with van der Waals surface area (Å²) in [5, 5.41) is 15.3. The summed E-state index contributed by atoms with van der Waals surface area (Å²) >= 11 is 1.23. The smallest absolute Gasteiger partial charge is 0.326 e. The summed E-state index contributed by atoms with van der Waals surface area (Å²) in [5.41, 5.74) is 2.52. The molecule has 0 saturated heterocycles. The van der Waals surface area contributed by atoms with E-state index in [0.29, 0.717) is 44.4 Å². The number of hydrogen-bond acceptors (Lipinski definition) is 5. The van der Waals surface area contributed by atoms with Gasteiger partial charge in [0.05, 0.1) is 15.9 Å². The highest BCUT2D eigenvalue weighted by Gasteiger charge is 2.30. The standard InChI is InChI=1S/C26H21F2N3O3S/c27-18-8-10-21-23(13-18)35-26(31-21)30-20-9-7-17(12-19(20)28)15-3-5-16(6-4-15)24(32)29-22(25(33)34)11-14-1-2-14/h3-10,12-14,22H,1-2,11H2,(H,29,32)(H,30,31)(H,33,34)/t22-/m0/s1. The summed E-state index contributed by atoms with van der Waals surface area (Å²) in [6, 6.07) is 14.6. The van der Waals surface area contributed by atoms with Crippen LogP contribution in [0.25, 0.3) is 21.3 Å². The molecule has 1 heterocycles. The first-order valence-electron chi connectivity index (χ1n) is 11.1. The highest BCUT2D eigenvalue weighted by Crippen LogP contribution is 2.34. The van der Waals surface area contributed by atoms with Crippen molar-refractivity contribution in [2.45, 2.75) is 25.3 Å². The van der Waals surface area contributed by atoms with E-state index >= 15 is 0 Å². The van der Waals surface area contributed by atoms with Gasteiger partial charge in [-0.1, -0.05) is 42.4 Å². The first-order chi connectivity index (χ1) is 16.9. The van der Waals surface area contributed by atoms with Gasteiger partial charge < -0.3 is 15.7 Å². The molecule has 9 heteroatoms. The van der Waals surface area contributed by atoms with Crippen LogP contribution in [0.1, 0.15) is 29.6 Å². The van der Waals surface area contributed by atoms with Crippen molar-refractivity contribution in [3.8, 4) is 11.1 Å². The topological polar surface area (TPSA) is 91.3 Å². The maximum atomic E-state index is 14.8. The van der Waals surface area contributed by atoms with Crippen molar-refractivity contribution < 1.29 is 23.5 Å². The van der Waals surface area contributed by atoms with E-state index in [0.717, 1.165) is 12.8 Å². The molecule has 0 unspecified atom stereocenters. The van der Waals surface area contributed by atoms with E-state index in [1.165, 1.54) is 29.5 Å². The maximum absolute atomic E-state index is 14.8. The van der Waals surface area contributed by atoms with Crippen LogP contribution in [0.15, 0.2) is 60.7 Å². The van der Waals surface area contributed by atoms with Crippen LogP contribution < -0.4 is 10.6 Å². The van der Waals surface area contributed by atoms with Crippen molar-refractivity contribution >= 4 is 44.2 Å². The Labute approximate surface area is 203 Å². The average Bonchev–Trinajstić information content (AvgIpc) is 3.57. The first kappa shape index (κ1) is 22.9. The molecule has 0 spiro atoms. The number of carbonyl (C=O) groups excluding carboxylic acids is 1. The lowest BCUT2D eigenvalue weighted by molar-refractivity contribution is -0.139. The third-order valence-corrected chi connectivity index (χ3v) is 6.84. The molecule has 1 atom stereocenters. The minimum absolute atomic E-state index is 0.236. The van der Waals surface area contributed by atoms with Crippen molar-refractivity contribution in [2.24, 2.45) is 5.92 Å². The second-order valence-corrected chi connectivity index (χ2v) is 9.60. The molecule has 1 aliphatic rings. The van der Waals surface area contributed by atoms with Gasteiger partial charge in [-0.3, -0.25) is 4.79 Å². The van der Waals surface area contributed by atoms with Gasteiger partial charge in [0.25, 0.3) is 5.91 Å². The predicted molar refractivity (Wildman–Crippen MR) is 131 cm³/mol. The van der Waals surface area contributed by atoms with Gasteiger partial charge in [0, 0.05) is 5.56 Å². The van der Waals surface area contributed by atoms with E-state index in [4.69, 9.17) is 0 Å². The Morgan fingerprint density at radius 2 is 1.77 bits per heavy atom. The number of halogens is 2. The molecule has 6 nitrogen and oxygen atoms in total. The molecule has 1 aliphatic carbocycles. The second-order valence-electron chi connectivity index (χ2n) is 8.57. The zero-order valence-electron chi connectivity index (χ0n) is 18.4. The number of thiazole rings is 1. The Kier molecular flexibility index (Phi) is 6.17. The molecule has 3 aromatic carbocycles. The van der Waals surface area contributed by atoms with Crippen LogP contribution in [0, 0.1) is 17.6 Å². The summed E-state index contributed by atoms with van der Waals surface area (Å²) < 4.78 is 28.9. The van der Waals surface area contributed by atoms with Crippen molar-refractivity contribution in [1.82, 2.24) is 10.3 Å². The van der Waals surface area contributed by atoms with Gasteiger partial charge in [-0.15, -0.1) is 0 Å². The maximum Gasteiger partial charge on any atom is 0.326 e. The monoisotopic (exact) mass is 493 g/mol. The molecular weight excluding hydrogens is 472 g/mol. The van der Waals surface area contributed by atoms with Crippen molar-refractivity contribution in [3.63, 3.8) is 0 Å². The van der Waals surface area contributed by atoms with Crippen molar-refractivity contribution in [3.05, 3.63) is 77.9 Å². The minimum atomic E-state index is -1.04. The SMILES string of the molecule is O=C(N[C@@H](CC1CC1)C(=O)O)c1ccc(-c2ccc(Nc3nc4ccc(F)cc4s3)c(F)c2)cc1. The Hall–Kier alpha value is -3.85. The quantitative estimate of drug-likeness (QED) is 0.281. The number of aliphatic carboxylic acids is 1. The van der Waals surface area contributed by atoms with E-state index in [9.17, 15) is 23.5 Å². The normalized spacial score (nSPS) is 14.0. The number of nitrogens with one attached hydrogen (secondary N) is 2. The number of nitrogens with zero attached hydrogens (tertiary/aromatic N) is 1. The van der Waals surface area contributed by atoms with E-state index < -0.39 is 23.7 Å². The van der Waals surface area contributed by atoms with Crippen LogP contribution in [0.4, 0.5) is 19.6 Å². The lowest BCUT2D eigenvalue weighted by Gasteiger charge is -2.14. The number of carboxylic acid groups (broad SMARTS) is 1. The molecule has 1 fully saturated rings. The number of benzene rings is 3. The van der Waals surface area contributed by atoms with E-state index in [-0.39, 0.29) is 11.5 Å². The van der Waals surface area contributed by atoms with Crippen LogP contribution >= 0.6 is 11.3 Å². The highest BCUT2D eigenvalue weighted by molar-refractivity contribution is 7.22. The summed E-state index contributed by atoms with van der Waals surface area (Å²) in [4.78, 5) is 28.3. The van der Waals surface area contributed by atoms with Gasteiger partial charge in [-0.25, -0.2) is 18.6 Å². The van der Waals surface area contributed by atoms with Gasteiger partial charge in [0.15, 0.2) is 5.13 Å². The number of hydrogen-bond donors (Lipinski definition) is 3. The number of amides is 1. The molecule has 5 rings (SSSR count). The van der Waals surface area contributed by atoms with E-state index in [1.807, 2.05) is 0 Å². The van der Waals surface area contributed by atoms with Gasteiger partial charge in [-0.2, -0.15) is 0 Å². The van der Waals surface area contributed by atoms with E-state index in [1.54, 1.807) is 42.5 Å². The molecule has 0 bridgehead atoms. The molecular formula is C26H21F2N3O3S. The highest BCUT2D eigenvalue weighted by atomic mass is 32.1. The molecule has 0 aliphatic heterocycles. The number of carboxylic acids is 1. The van der Waals surface area contributed by atoms with Crippen molar-refractivity contribution in [1.29, 1.82) is 0 Å². The van der Waals surface area contributed by atoms with Crippen LogP contribution in [-0.4, -0.2) is 28.0 Å². The van der Waals surface area contributed by atoms with Crippen LogP contribution in [-0.2, 0) is 4.79 Å². The molecule has 1 amide bonds. The molecule has 1 saturated carbocycles.